The van der Waals surface area contributed by atoms with Crippen molar-refractivity contribution in [2.75, 3.05) is 6.61 Å². The molecular weight excluding hydrogens is 336 g/mol. The lowest BCUT2D eigenvalue weighted by Crippen LogP contribution is -2.23. The molecule has 2 aromatic rings. The first-order chi connectivity index (χ1) is 12.2. The number of ether oxygens (including phenoxy) is 2. The molecule has 0 radical (unpaired) electrons. The van der Waals surface area contributed by atoms with Gasteiger partial charge in [-0.05, 0) is 56.9 Å². The van der Waals surface area contributed by atoms with Crippen LogP contribution in [0.2, 0.25) is 0 Å². The molecule has 0 aromatic carbocycles. The van der Waals surface area contributed by atoms with Crippen molar-refractivity contribution in [3.63, 3.8) is 0 Å². The van der Waals surface area contributed by atoms with Crippen LogP contribution in [-0.2, 0) is 16.0 Å². The average molecular weight is 360 g/mol. The number of fused-ring (bicyclic) bond motifs is 3. The van der Waals surface area contributed by atoms with Crippen molar-refractivity contribution in [2.24, 2.45) is 5.92 Å². The minimum absolute atomic E-state index is 0.137. The van der Waals surface area contributed by atoms with Crippen LogP contribution in [0.15, 0.2) is 6.33 Å². The molecule has 2 heterocycles. The summed E-state index contributed by atoms with van der Waals surface area (Å²) >= 11 is 1.66. The normalized spacial score (nSPS) is 25.8. The predicted octanol–water partition coefficient (Wildman–Crippen LogP) is 4.24. The Bertz CT molecular complexity index is 780. The van der Waals surface area contributed by atoms with Crippen LogP contribution in [0.1, 0.15) is 62.3 Å². The van der Waals surface area contributed by atoms with Crippen molar-refractivity contribution < 1.29 is 14.3 Å². The Labute approximate surface area is 151 Å². The summed E-state index contributed by atoms with van der Waals surface area (Å²) in [6.07, 6.45) is 8.05. The molecule has 0 amide bonds. The highest BCUT2D eigenvalue weighted by Gasteiger charge is 2.35. The number of nitrogens with zero attached hydrogens (tertiary/aromatic N) is 2. The second kappa shape index (κ2) is 6.90. The van der Waals surface area contributed by atoms with Gasteiger partial charge in [0.05, 0.1) is 17.9 Å². The SMILES string of the molecule is CCOC(=O)C1CCc2sc3ncnc(O[C@H]4CC[C@H](C)CC4)c3c21. The zero-order valence-electron chi connectivity index (χ0n) is 14.8. The van der Waals surface area contributed by atoms with Crippen LogP contribution in [0.5, 0.6) is 5.88 Å². The second-order valence-corrected chi connectivity index (χ2v) is 8.22. The van der Waals surface area contributed by atoms with Crippen LogP contribution in [0, 0.1) is 5.92 Å². The first-order valence-electron chi connectivity index (χ1n) is 9.27. The van der Waals surface area contributed by atoms with Crippen LogP contribution in [-0.4, -0.2) is 28.6 Å². The Balaban J connectivity index is 1.68. The van der Waals surface area contributed by atoms with Gasteiger partial charge < -0.3 is 9.47 Å². The van der Waals surface area contributed by atoms with Gasteiger partial charge in [-0.3, -0.25) is 4.79 Å². The fourth-order valence-electron chi connectivity index (χ4n) is 4.02. The number of aromatic nitrogens is 2. The smallest absolute Gasteiger partial charge is 0.313 e. The van der Waals surface area contributed by atoms with E-state index < -0.39 is 0 Å². The van der Waals surface area contributed by atoms with Crippen LogP contribution >= 0.6 is 11.3 Å². The lowest BCUT2D eigenvalue weighted by Gasteiger charge is -2.26. The van der Waals surface area contributed by atoms with Gasteiger partial charge in [0, 0.05) is 4.88 Å². The van der Waals surface area contributed by atoms with E-state index in [4.69, 9.17) is 9.47 Å². The van der Waals surface area contributed by atoms with Gasteiger partial charge in [0.2, 0.25) is 5.88 Å². The van der Waals surface area contributed by atoms with Gasteiger partial charge in [-0.1, -0.05) is 6.92 Å². The number of carbonyl (C=O) groups excluding carboxylic acids is 1. The molecule has 1 saturated carbocycles. The number of carbonyl (C=O) groups is 1. The highest BCUT2D eigenvalue weighted by Crippen LogP contribution is 2.46. The summed E-state index contributed by atoms with van der Waals surface area (Å²) in [4.78, 5) is 23.4. The summed E-state index contributed by atoms with van der Waals surface area (Å²) in [6, 6.07) is 0. The molecule has 0 N–H and O–H groups in total. The van der Waals surface area contributed by atoms with E-state index >= 15 is 0 Å². The van der Waals surface area contributed by atoms with Gasteiger partial charge in [0.15, 0.2) is 0 Å². The number of aryl methyl sites for hydroxylation is 1. The largest absolute Gasteiger partial charge is 0.474 e. The van der Waals surface area contributed by atoms with Gasteiger partial charge in [-0.2, -0.15) is 0 Å². The fourth-order valence-corrected chi connectivity index (χ4v) is 5.23. The van der Waals surface area contributed by atoms with E-state index in [-0.39, 0.29) is 18.0 Å². The van der Waals surface area contributed by atoms with E-state index in [9.17, 15) is 4.79 Å². The van der Waals surface area contributed by atoms with E-state index in [1.165, 1.54) is 17.7 Å². The quantitative estimate of drug-likeness (QED) is 0.763. The minimum atomic E-state index is -0.205. The molecule has 0 spiro atoms. The van der Waals surface area contributed by atoms with Crippen molar-refractivity contribution >= 4 is 27.5 Å². The van der Waals surface area contributed by atoms with E-state index in [1.807, 2.05) is 6.92 Å². The predicted molar refractivity (Wildman–Crippen MR) is 97.2 cm³/mol. The van der Waals surface area contributed by atoms with Crippen LogP contribution in [0.25, 0.3) is 10.2 Å². The van der Waals surface area contributed by atoms with Gasteiger partial charge >= 0.3 is 5.97 Å². The number of rotatable bonds is 4. The molecule has 1 atom stereocenters. The van der Waals surface area contributed by atoms with Crippen LogP contribution in [0.4, 0.5) is 0 Å². The van der Waals surface area contributed by atoms with Crippen molar-refractivity contribution in [2.45, 2.75) is 64.4 Å². The van der Waals surface area contributed by atoms with Crippen molar-refractivity contribution in [1.29, 1.82) is 0 Å². The minimum Gasteiger partial charge on any atom is -0.474 e. The zero-order valence-corrected chi connectivity index (χ0v) is 15.6. The average Bonchev–Trinajstić information content (AvgIpc) is 3.16. The van der Waals surface area contributed by atoms with Gasteiger partial charge in [0.1, 0.15) is 17.3 Å². The Morgan fingerprint density at radius 2 is 2.04 bits per heavy atom. The van der Waals surface area contributed by atoms with Crippen molar-refractivity contribution in [3.8, 4) is 5.88 Å². The molecule has 6 heteroatoms. The molecule has 2 aliphatic rings. The lowest BCUT2D eigenvalue weighted by molar-refractivity contribution is -0.144. The number of thiophene rings is 1. The lowest BCUT2D eigenvalue weighted by atomic mass is 9.89. The molecule has 2 aliphatic carbocycles. The molecule has 0 bridgehead atoms. The number of hydrogen-bond donors (Lipinski definition) is 0. The first kappa shape index (κ1) is 16.8. The Morgan fingerprint density at radius 1 is 1.24 bits per heavy atom. The first-order valence-corrected chi connectivity index (χ1v) is 10.1. The summed E-state index contributed by atoms with van der Waals surface area (Å²) in [5, 5.41) is 0.941. The van der Waals surface area contributed by atoms with E-state index in [0.717, 1.165) is 47.4 Å². The highest BCUT2D eigenvalue weighted by molar-refractivity contribution is 7.19. The Hall–Kier alpha value is -1.69. The molecule has 0 saturated heterocycles. The Morgan fingerprint density at radius 3 is 2.80 bits per heavy atom. The fraction of sp³-hybridized carbons (Fsp3) is 0.632. The summed E-state index contributed by atoms with van der Waals surface area (Å²) in [5.41, 5.74) is 1.05. The monoisotopic (exact) mass is 360 g/mol. The van der Waals surface area contributed by atoms with Crippen LogP contribution in [0.3, 0.4) is 0 Å². The molecule has 25 heavy (non-hydrogen) atoms. The maximum absolute atomic E-state index is 12.4. The standard InChI is InChI=1S/C19H24N2O3S/c1-3-23-19(22)13-8-9-14-15(13)16-17(20-10-21-18(16)25-14)24-12-6-4-11(2)5-7-12/h10-13H,3-9H2,1-2H3/t11-,12-,13?. The third-order valence-electron chi connectivity index (χ3n) is 5.39. The maximum Gasteiger partial charge on any atom is 0.313 e. The summed E-state index contributed by atoms with van der Waals surface area (Å²) in [6.45, 7) is 4.56. The molecule has 134 valence electrons. The van der Waals surface area contributed by atoms with Crippen molar-refractivity contribution in [3.05, 3.63) is 16.8 Å². The molecule has 0 aliphatic heterocycles. The highest BCUT2D eigenvalue weighted by atomic mass is 32.1. The van der Waals surface area contributed by atoms with E-state index in [0.29, 0.717) is 12.5 Å². The maximum atomic E-state index is 12.4. The van der Waals surface area contributed by atoms with Gasteiger partial charge in [0.25, 0.3) is 0 Å². The molecule has 2 aromatic heterocycles. The Kier molecular flexibility index (Phi) is 4.63. The molecule has 1 fully saturated rings. The second-order valence-electron chi connectivity index (χ2n) is 7.14. The topological polar surface area (TPSA) is 61.3 Å². The summed E-state index contributed by atoms with van der Waals surface area (Å²) in [5.74, 6) is 1.09. The molecule has 5 nitrogen and oxygen atoms in total. The third-order valence-corrected chi connectivity index (χ3v) is 6.56. The molecule has 4 rings (SSSR count). The van der Waals surface area contributed by atoms with Crippen LogP contribution < -0.4 is 4.74 Å². The zero-order chi connectivity index (χ0) is 17.4. The van der Waals surface area contributed by atoms with Crippen molar-refractivity contribution in [1.82, 2.24) is 9.97 Å². The number of hydrogen-bond acceptors (Lipinski definition) is 6. The molecular formula is C19H24N2O3S. The van der Waals surface area contributed by atoms with Gasteiger partial charge in [-0.25, -0.2) is 9.97 Å². The van der Waals surface area contributed by atoms with Gasteiger partial charge in [-0.15, -0.1) is 11.3 Å². The third kappa shape index (κ3) is 3.12. The summed E-state index contributed by atoms with van der Waals surface area (Å²) < 4.78 is 11.6. The van der Waals surface area contributed by atoms with E-state index in [1.54, 1.807) is 17.7 Å². The van der Waals surface area contributed by atoms with E-state index in [2.05, 4.69) is 16.9 Å². The number of esters is 1. The summed E-state index contributed by atoms with van der Waals surface area (Å²) in [7, 11) is 0. The molecule has 1 unspecified atom stereocenters.